The van der Waals surface area contributed by atoms with Crippen molar-refractivity contribution in [2.24, 2.45) is 0 Å². The molecule has 2 aromatic rings. The van der Waals surface area contributed by atoms with Gasteiger partial charge in [-0.3, -0.25) is 9.69 Å². The van der Waals surface area contributed by atoms with Gasteiger partial charge in [-0.2, -0.15) is 0 Å². The number of carboxylic acid groups (broad SMARTS) is 2. The Morgan fingerprint density at radius 3 is 1.83 bits per heavy atom. The standard InChI is InChI=1S/C30H43N3O.C4H4O4/c1-4-7-8-12-21-32-27-19-20-28(32)23-29(22-27)33(25-13-10-9-11-14-25)26-17-15-24(16-18-26)30(34)31(5-2)6-3;5-3(6)1-2-4(7)8/h9-11,13-18,27-29H,4-8,12,19-23H2,1-3H3;1-2H,(H,5,6)(H,7,8)/b;2-1+/t27-,28+,29?;. The Bertz CT molecular complexity index is 1130. The summed E-state index contributed by atoms with van der Waals surface area (Å²) in [6.07, 6.45) is 11.6. The minimum atomic E-state index is -1.26. The summed E-state index contributed by atoms with van der Waals surface area (Å²) in [6.45, 7) is 9.13. The van der Waals surface area contributed by atoms with Crippen molar-refractivity contribution in [1.29, 1.82) is 0 Å². The number of para-hydroxylation sites is 1. The molecule has 2 saturated heterocycles. The van der Waals surface area contributed by atoms with Gasteiger partial charge in [0.25, 0.3) is 5.91 Å². The molecule has 1 amide bonds. The average molecular weight is 578 g/mol. The van der Waals surface area contributed by atoms with Crippen molar-refractivity contribution in [3.63, 3.8) is 0 Å². The van der Waals surface area contributed by atoms with E-state index < -0.39 is 11.9 Å². The number of anilines is 2. The maximum Gasteiger partial charge on any atom is 0.328 e. The molecule has 2 bridgehead atoms. The Morgan fingerprint density at radius 1 is 0.786 bits per heavy atom. The molecule has 3 atom stereocenters. The number of carbonyl (C=O) groups excluding carboxylic acids is 1. The van der Waals surface area contributed by atoms with Crippen molar-refractivity contribution in [2.75, 3.05) is 24.5 Å². The zero-order valence-electron chi connectivity index (χ0n) is 25.3. The fourth-order valence-corrected chi connectivity index (χ4v) is 6.30. The lowest BCUT2D eigenvalue weighted by Crippen LogP contribution is -2.49. The molecule has 2 heterocycles. The lowest BCUT2D eigenvalue weighted by Gasteiger charge is -2.44. The molecule has 2 fully saturated rings. The smallest absolute Gasteiger partial charge is 0.328 e. The monoisotopic (exact) mass is 577 g/mol. The van der Waals surface area contributed by atoms with E-state index in [1.54, 1.807) is 0 Å². The second-order valence-corrected chi connectivity index (χ2v) is 11.0. The Morgan fingerprint density at radius 2 is 1.33 bits per heavy atom. The molecular weight excluding hydrogens is 530 g/mol. The SMILES string of the molecule is CCCCCCN1[C@@H]2CC[C@H]1CC(N(c1ccccc1)c1ccc(C(=O)N(CC)CC)cc1)C2.O=C(O)/C=C/C(=O)O. The summed E-state index contributed by atoms with van der Waals surface area (Å²) < 4.78 is 0. The Labute approximate surface area is 250 Å². The van der Waals surface area contributed by atoms with Crippen LogP contribution in [0.2, 0.25) is 0 Å². The topological polar surface area (TPSA) is 101 Å². The first kappa shape index (κ1) is 32.9. The Hall–Kier alpha value is -3.65. The number of benzene rings is 2. The summed E-state index contributed by atoms with van der Waals surface area (Å²) in [5, 5.41) is 15.6. The van der Waals surface area contributed by atoms with E-state index in [-0.39, 0.29) is 5.91 Å². The van der Waals surface area contributed by atoms with Gasteiger partial charge in [-0.15, -0.1) is 0 Å². The lowest BCUT2D eigenvalue weighted by atomic mass is 9.94. The van der Waals surface area contributed by atoms with Gasteiger partial charge in [0.1, 0.15) is 0 Å². The second-order valence-electron chi connectivity index (χ2n) is 11.0. The molecule has 1 unspecified atom stereocenters. The molecule has 8 nitrogen and oxygen atoms in total. The molecule has 2 aliphatic heterocycles. The molecule has 2 N–H and O–H groups in total. The van der Waals surface area contributed by atoms with Crippen molar-refractivity contribution < 1.29 is 24.6 Å². The predicted octanol–water partition coefficient (Wildman–Crippen LogP) is 6.59. The summed E-state index contributed by atoms with van der Waals surface area (Å²) in [6, 6.07) is 21.1. The first-order valence-electron chi connectivity index (χ1n) is 15.4. The number of rotatable bonds is 13. The van der Waals surface area contributed by atoms with E-state index in [4.69, 9.17) is 10.2 Å². The van der Waals surface area contributed by atoms with Gasteiger partial charge in [0, 0.05) is 60.3 Å². The zero-order valence-corrected chi connectivity index (χ0v) is 25.3. The lowest BCUT2D eigenvalue weighted by molar-refractivity contribution is -0.134. The van der Waals surface area contributed by atoms with Crippen molar-refractivity contribution in [1.82, 2.24) is 9.80 Å². The molecule has 0 aromatic heterocycles. The molecule has 228 valence electrons. The fourth-order valence-electron chi connectivity index (χ4n) is 6.30. The van der Waals surface area contributed by atoms with Gasteiger partial charge in [-0.25, -0.2) is 9.59 Å². The third-order valence-corrected chi connectivity index (χ3v) is 8.34. The van der Waals surface area contributed by atoms with Crippen LogP contribution in [0.25, 0.3) is 0 Å². The normalized spacial score (nSPS) is 19.6. The zero-order chi connectivity index (χ0) is 30.5. The molecule has 2 aromatic carbocycles. The number of hydrogen-bond acceptors (Lipinski definition) is 5. The van der Waals surface area contributed by atoms with E-state index in [1.165, 1.54) is 69.3 Å². The minimum absolute atomic E-state index is 0.122. The van der Waals surface area contributed by atoms with Gasteiger partial charge >= 0.3 is 11.9 Å². The van der Waals surface area contributed by atoms with Crippen molar-refractivity contribution >= 4 is 29.2 Å². The summed E-state index contributed by atoms with van der Waals surface area (Å²) in [7, 11) is 0. The maximum atomic E-state index is 12.8. The predicted molar refractivity (Wildman–Crippen MR) is 167 cm³/mol. The van der Waals surface area contributed by atoms with Crippen LogP contribution in [-0.2, 0) is 9.59 Å². The van der Waals surface area contributed by atoms with Crippen molar-refractivity contribution in [3.8, 4) is 0 Å². The van der Waals surface area contributed by atoms with Crippen LogP contribution >= 0.6 is 0 Å². The number of fused-ring (bicyclic) bond motifs is 2. The highest BCUT2D eigenvalue weighted by molar-refractivity contribution is 5.94. The molecule has 2 aliphatic rings. The molecule has 0 radical (unpaired) electrons. The first-order chi connectivity index (χ1) is 20.3. The molecule has 42 heavy (non-hydrogen) atoms. The molecular formula is C34H47N3O5. The first-order valence-corrected chi connectivity index (χ1v) is 15.4. The summed E-state index contributed by atoms with van der Waals surface area (Å²) in [5.74, 6) is -2.39. The van der Waals surface area contributed by atoms with Gasteiger partial charge in [0.2, 0.25) is 0 Å². The second kappa shape index (κ2) is 16.7. The van der Waals surface area contributed by atoms with Crippen molar-refractivity contribution in [2.45, 2.75) is 90.3 Å². The summed E-state index contributed by atoms with van der Waals surface area (Å²) in [4.78, 5) is 39.2. The molecule has 4 rings (SSSR count). The number of hydrogen-bond donors (Lipinski definition) is 2. The highest BCUT2D eigenvalue weighted by atomic mass is 16.4. The van der Waals surface area contributed by atoms with Crippen LogP contribution in [0.3, 0.4) is 0 Å². The minimum Gasteiger partial charge on any atom is -0.478 e. The summed E-state index contributed by atoms with van der Waals surface area (Å²) >= 11 is 0. The van der Waals surface area contributed by atoms with Crippen LogP contribution in [0.15, 0.2) is 66.7 Å². The van der Waals surface area contributed by atoms with E-state index >= 15 is 0 Å². The quantitative estimate of drug-likeness (QED) is 0.204. The van der Waals surface area contributed by atoms with Crippen LogP contribution in [0, 0.1) is 0 Å². The summed E-state index contributed by atoms with van der Waals surface area (Å²) in [5.41, 5.74) is 3.23. The van der Waals surface area contributed by atoms with E-state index in [9.17, 15) is 14.4 Å². The number of piperidine rings is 1. The number of carbonyl (C=O) groups is 3. The molecule has 8 heteroatoms. The van der Waals surface area contributed by atoms with Crippen LogP contribution in [0.1, 0.15) is 82.5 Å². The van der Waals surface area contributed by atoms with Gasteiger partial charge < -0.3 is 20.0 Å². The maximum absolute atomic E-state index is 12.8. The van der Waals surface area contributed by atoms with E-state index in [0.717, 1.165) is 18.7 Å². The third kappa shape index (κ3) is 9.18. The Balaban J connectivity index is 0.000000531. The largest absolute Gasteiger partial charge is 0.478 e. The highest BCUT2D eigenvalue weighted by Gasteiger charge is 2.42. The van der Waals surface area contributed by atoms with E-state index in [0.29, 0.717) is 30.3 Å². The van der Waals surface area contributed by atoms with Gasteiger partial charge in [-0.05, 0) is 88.9 Å². The van der Waals surface area contributed by atoms with Gasteiger partial charge in [0.15, 0.2) is 0 Å². The molecule has 0 spiro atoms. The van der Waals surface area contributed by atoms with Crippen LogP contribution < -0.4 is 4.90 Å². The number of carboxylic acids is 2. The van der Waals surface area contributed by atoms with Gasteiger partial charge in [-0.1, -0.05) is 44.4 Å². The van der Waals surface area contributed by atoms with Gasteiger partial charge in [0.05, 0.1) is 0 Å². The van der Waals surface area contributed by atoms with E-state index in [2.05, 4.69) is 59.2 Å². The van der Waals surface area contributed by atoms with Crippen LogP contribution in [-0.4, -0.2) is 75.6 Å². The number of aliphatic carboxylic acids is 2. The van der Waals surface area contributed by atoms with Crippen molar-refractivity contribution in [3.05, 3.63) is 72.3 Å². The third-order valence-electron chi connectivity index (χ3n) is 8.34. The number of nitrogens with zero attached hydrogens (tertiary/aromatic N) is 3. The number of unbranched alkanes of at least 4 members (excludes halogenated alkanes) is 3. The fraction of sp³-hybridized carbons (Fsp3) is 0.500. The molecule has 0 saturated carbocycles. The highest BCUT2D eigenvalue weighted by Crippen LogP contribution is 2.41. The van der Waals surface area contributed by atoms with E-state index in [1.807, 2.05) is 30.9 Å². The van der Waals surface area contributed by atoms with Crippen LogP contribution in [0.5, 0.6) is 0 Å². The van der Waals surface area contributed by atoms with Crippen LogP contribution in [0.4, 0.5) is 11.4 Å². The molecule has 0 aliphatic carbocycles. The Kier molecular flexibility index (Phi) is 13.1. The average Bonchev–Trinajstić information content (AvgIpc) is 3.22. The number of amides is 1.